The van der Waals surface area contributed by atoms with Crippen LogP contribution < -0.4 is 5.32 Å². The van der Waals surface area contributed by atoms with Crippen LogP contribution in [0.2, 0.25) is 0 Å². The summed E-state index contributed by atoms with van der Waals surface area (Å²) in [6.07, 6.45) is 3.39. The van der Waals surface area contributed by atoms with E-state index in [1.54, 1.807) is 24.2 Å². The highest BCUT2D eigenvalue weighted by atomic mass is 79.9. The van der Waals surface area contributed by atoms with E-state index < -0.39 is 0 Å². The van der Waals surface area contributed by atoms with Crippen LogP contribution in [0.3, 0.4) is 0 Å². The van der Waals surface area contributed by atoms with Crippen molar-refractivity contribution in [2.75, 3.05) is 20.3 Å². The van der Waals surface area contributed by atoms with Crippen molar-refractivity contribution in [3.8, 4) is 0 Å². The Morgan fingerprint density at radius 1 is 1.79 bits per heavy atom. The lowest BCUT2D eigenvalue weighted by atomic mass is 10.5. The van der Waals surface area contributed by atoms with Crippen LogP contribution in [0.5, 0.6) is 0 Å². The molecule has 5 nitrogen and oxygen atoms in total. The lowest BCUT2D eigenvalue weighted by Crippen LogP contribution is -2.30. The number of hydrogen-bond donors (Lipinski definition) is 1. The van der Waals surface area contributed by atoms with Gasteiger partial charge in [-0.3, -0.25) is 9.48 Å². The van der Waals surface area contributed by atoms with Crippen molar-refractivity contribution >= 4 is 21.8 Å². The number of hydrogen-bond acceptors (Lipinski definition) is 3. The fourth-order valence-corrected chi connectivity index (χ4v) is 1.25. The first-order valence-corrected chi connectivity index (χ1v) is 4.95. The average Bonchev–Trinajstić information content (AvgIpc) is 2.52. The normalized spacial score (nSPS) is 10.1. The number of halogens is 1. The number of rotatable bonds is 5. The Balaban J connectivity index is 2.27. The van der Waals surface area contributed by atoms with Gasteiger partial charge < -0.3 is 10.1 Å². The van der Waals surface area contributed by atoms with Gasteiger partial charge in [0.1, 0.15) is 6.54 Å². The molecular formula is C8H12BrN3O2. The number of amides is 1. The first-order chi connectivity index (χ1) is 6.72. The summed E-state index contributed by atoms with van der Waals surface area (Å²) in [5, 5.41) is 6.66. The van der Waals surface area contributed by atoms with Crippen molar-refractivity contribution in [2.24, 2.45) is 0 Å². The van der Waals surface area contributed by atoms with Crippen molar-refractivity contribution < 1.29 is 9.53 Å². The van der Waals surface area contributed by atoms with Gasteiger partial charge in [0, 0.05) is 19.9 Å². The first-order valence-electron chi connectivity index (χ1n) is 4.16. The summed E-state index contributed by atoms with van der Waals surface area (Å²) in [6.45, 7) is 1.28. The van der Waals surface area contributed by atoms with Crippen molar-refractivity contribution in [1.29, 1.82) is 0 Å². The second-order valence-corrected chi connectivity index (χ2v) is 3.61. The summed E-state index contributed by atoms with van der Waals surface area (Å²) in [5.41, 5.74) is 0. The Morgan fingerprint density at radius 2 is 2.57 bits per heavy atom. The molecule has 0 spiro atoms. The quantitative estimate of drug-likeness (QED) is 0.782. The summed E-state index contributed by atoms with van der Waals surface area (Å²) in [4.78, 5) is 11.3. The van der Waals surface area contributed by atoms with Crippen LogP contribution in [0.4, 0.5) is 0 Å². The predicted octanol–water partition coefficient (Wildman–Crippen LogP) is 0.408. The molecule has 0 fully saturated rings. The van der Waals surface area contributed by atoms with E-state index in [1.807, 2.05) is 0 Å². The third-order valence-corrected chi connectivity index (χ3v) is 1.95. The molecule has 0 atom stereocenters. The summed E-state index contributed by atoms with van der Waals surface area (Å²) in [6, 6.07) is 0. The molecule has 1 aromatic rings. The lowest BCUT2D eigenvalue weighted by molar-refractivity contribution is -0.122. The van der Waals surface area contributed by atoms with Crippen LogP contribution in [0, 0.1) is 0 Å². The van der Waals surface area contributed by atoms with E-state index in [0.29, 0.717) is 13.2 Å². The Bertz CT molecular complexity index is 301. The lowest BCUT2D eigenvalue weighted by Gasteiger charge is -2.03. The third kappa shape index (κ3) is 3.89. The van der Waals surface area contributed by atoms with Gasteiger partial charge in [-0.15, -0.1) is 0 Å². The summed E-state index contributed by atoms with van der Waals surface area (Å²) in [7, 11) is 1.59. The van der Waals surface area contributed by atoms with Crippen LogP contribution in [0.15, 0.2) is 16.9 Å². The van der Waals surface area contributed by atoms with Gasteiger partial charge in [-0.05, 0) is 15.9 Å². The molecule has 0 aromatic carbocycles. The van der Waals surface area contributed by atoms with E-state index in [-0.39, 0.29) is 12.5 Å². The Kier molecular flexibility index (Phi) is 4.61. The van der Waals surface area contributed by atoms with Gasteiger partial charge in [-0.1, -0.05) is 0 Å². The Labute approximate surface area is 90.6 Å². The molecule has 1 aromatic heterocycles. The Morgan fingerprint density at radius 3 is 3.14 bits per heavy atom. The maximum absolute atomic E-state index is 11.3. The molecule has 1 rings (SSSR count). The van der Waals surface area contributed by atoms with Crippen LogP contribution in [0.25, 0.3) is 0 Å². The molecule has 0 aliphatic rings. The molecular weight excluding hydrogens is 250 g/mol. The second-order valence-electron chi connectivity index (χ2n) is 2.70. The van der Waals surface area contributed by atoms with Crippen LogP contribution >= 0.6 is 15.9 Å². The summed E-state index contributed by atoms with van der Waals surface area (Å²) in [5.74, 6) is -0.0716. The molecule has 78 valence electrons. The van der Waals surface area contributed by atoms with E-state index >= 15 is 0 Å². The number of carbonyl (C=O) groups excluding carboxylic acids is 1. The summed E-state index contributed by atoms with van der Waals surface area (Å²) >= 11 is 3.25. The zero-order valence-corrected chi connectivity index (χ0v) is 9.45. The minimum absolute atomic E-state index is 0.0716. The molecule has 0 radical (unpaired) electrons. The number of ether oxygens (including phenoxy) is 1. The Hall–Kier alpha value is -0.880. The van der Waals surface area contributed by atoms with Gasteiger partial charge in [0.2, 0.25) is 5.91 Å². The predicted molar refractivity (Wildman–Crippen MR) is 54.8 cm³/mol. The molecule has 0 bridgehead atoms. The molecule has 0 aliphatic carbocycles. The number of nitrogens with zero attached hydrogens (tertiary/aromatic N) is 2. The monoisotopic (exact) mass is 261 g/mol. The largest absolute Gasteiger partial charge is 0.383 e. The third-order valence-electron chi connectivity index (χ3n) is 1.54. The van der Waals surface area contributed by atoms with Crippen molar-refractivity contribution in [3.05, 3.63) is 16.9 Å². The molecule has 0 saturated carbocycles. The van der Waals surface area contributed by atoms with E-state index in [0.717, 1.165) is 4.47 Å². The van der Waals surface area contributed by atoms with Crippen molar-refractivity contribution in [1.82, 2.24) is 15.1 Å². The highest BCUT2D eigenvalue weighted by Gasteiger charge is 2.02. The maximum atomic E-state index is 11.3. The average molecular weight is 262 g/mol. The maximum Gasteiger partial charge on any atom is 0.241 e. The first kappa shape index (κ1) is 11.2. The zero-order chi connectivity index (χ0) is 10.4. The SMILES string of the molecule is COCCNC(=O)Cn1cc(Br)cn1. The molecule has 0 unspecified atom stereocenters. The van der Waals surface area contributed by atoms with E-state index in [9.17, 15) is 4.79 Å². The zero-order valence-electron chi connectivity index (χ0n) is 7.86. The molecule has 1 amide bonds. The van der Waals surface area contributed by atoms with Crippen LogP contribution in [-0.4, -0.2) is 35.9 Å². The molecule has 1 heterocycles. The number of aromatic nitrogens is 2. The topological polar surface area (TPSA) is 56.1 Å². The molecule has 0 aliphatic heterocycles. The van der Waals surface area contributed by atoms with E-state index in [4.69, 9.17) is 4.74 Å². The van der Waals surface area contributed by atoms with E-state index in [2.05, 4.69) is 26.3 Å². The van der Waals surface area contributed by atoms with Gasteiger partial charge >= 0.3 is 0 Å². The van der Waals surface area contributed by atoms with Gasteiger partial charge in [0.25, 0.3) is 0 Å². The molecule has 14 heavy (non-hydrogen) atoms. The molecule has 6 heteroatoms. The van der Waals surface area contributed by atoms with Gasteiger partial charge in [0.05, 0.1) is 17.3 Å². The number of methoxy groups -OCH3 is 1. The standard InChI is InChI=1S/C8H12BrN3O2/c1-14-3-2-10-8(13)6-12-5-7(9)4-11-12/h4-5H,2-3,6H2,1H3,(H,10,13). The minimum atomic E-state index is -0.0716. The minimum Gasteiger partial charge on any atom is -0.383 e. The van der Waals surface area contributed by atoms with Crippen molar-refractivity contribution in [2.45, 2.75) is 6.54 Å². The molecule has 0 saturated heterocycles. The fourth-order valence-electron chi connectivity index (χ4n) is 0.920. The van der Waals surface area contributed by atoms with Crippen molar-refractivity contribution in [3.63, 3.8) is 0 Å². The molecule has 1 N–H and O–H groups in total. The van der Waals surface area contributed by atoms with Crippen LogP contribution in [0.1, 0.15) is 0 Å². The highest BCUT2D eigenvalue weighted by molar-refractivity contribution is 9.10. The fraction of sp³-hybridized carbons (Fsp3) is 0.500. The van der Waals surface area contributed by atoms with E-state index in [1.165, 1.54) is 0 Å². The van der Waals surface area contributed by atoms with Gasteiger partial charge in [-0.2, -0.15) is 5.10 Å². The number of carbonyl (C=O) groups is 1. The highest BCUT2D eigenvalue weighted by Crippen LogP contribution is 2.05. The summed E-state index contributed by atoms with van der Waals surface area (Å²) < 4.78 is 7.23. The van der Waals surface area contributed by atoms with Gasteiger partial charge in [-0.25, -0.2) is 0 Å². The smallest absolute Gasteiger partial charge is 0.241 e. The van der Waals surface area contributed by atoms with Gasteiger partial charge in [0.15, 0.2) is 0 Å². The van der Waals surface area contributed by atoms with Crippen LogP contribution in [-0.2, 0) is 16.1 Å². The second kappa shape index (κ2) is 5.77. The number of nitrogens with one attached hydrogen (secondary N) is 1.